The average molecular weight is 364 g/mol. The number of carbonyl (C=O) groups is 1. The number of benzene rings is 2. The van der Waals surface area contributed by atoms with Gasteiger partial charge in [0.15, 0.2) is 0 Å². The molecule has 1 heterocycles. The van der Waals surface area contributed by atoms with Crippen molar-refractivity contribution in [1.82, 2.24) is 15.1 Å². The molecule has 5 heteroatoms. The Bertz CT molecular complexity index is 960. The summed E-state index contributed by atoms with van der Waals surface area (Å²) in [5.41, 5.74) is 10.2. The van der Waals surface area contributed by atoms with Gasteiger partial charge in [-0.3, -0.25) is 9.48 Å². The molecule has 0 radical (unpaired) electrons. The largest absolute Gasteiger partial charge is 0.348 e. The topological polar surface area (TPSA) is 72.9 Å². The Balaban J connectivity index is 1.73. The number of carbonyl (C=O) groups excluding carboxylic acids is 1. The average Bonchev–Trinajstić information content (AvgIpc) is 2.91. The first-order valence-electron chi connectivity index (χ1n) is 9.39. The Kier molecular flexibility index (Phi) is 5.61. The van der Waals surface area contributed by atoms with Crippen LogP contribution in [0.4, 0.5) is 0 Å². The number of rotatable bonds is 6. The zero-order chi connectivity index (χ0) is 19.6. The molecule has 1 amide bonds. The van der Waals surface area contributed by atoms with E-state index in [0.717, 1.165) is 27.9 Å². The lowest BCUT2D eigenvalue weighted by Crippen LogP contribution is -2.37. The van der Waals surface area contributed by atoms with Crippen LogP contribution in [-0.4, -0.2) is 22.2 Å². The quantitative estimate of drug-likeness (QED) is 0.705. The molecule has 0 bridgehead atoms. The van der Waals surface area contributed by atoms with E-state index in [4.69, 9.17) is 5.73 Å². The Labute approximate surface area is 160 Å². The number of nitrogens with two attached hydrogens (primary N) is 1. The van der Waals surface area contributed by atoms with E-state index in [1.807, 2.05) is 50.7 Å². The number of nitrogens with one attached hydrogen (secondary N) is 1. The summed E-state index contributed by atoms with van der Waals surface area (Å²) in [4.78, 5) is 12.8. The van der Waals surface area contributed by atoms with E-state index < -0.39 is 0 Å². The van der Waals surface area contributed by atoms with Gasteiger partial charge in [0, 0.05) is 25.2 Å². The molecule has 2 unspecified atom stereocenters. The van der Waals surface area contributed by atoms with Crippen LogP contribution in [0.5, 0.6) is 0 Å². The third-order valence-electron chi connectivity index (χ3n) is 5.34. The van der Waals surface area contributed by atoms with Gasteiger partial charge in [-0.2, -0.15) is 5.10 Å². The first-order chi connectivity index (χ1) is 12.9. The molecule has 0 saturated heterocycles. The summed E-state index contributed by atoms with van der Waals surface area (Å²) in [5.74, 6) is -0.137. The molecule has 3 N–H and O–H groups in total. The van der Waals surface area contributed by atoms with Crippen LogP contribution in [0.3, 0.4) is 0 Å². The molecule has 2 atom stereocenters. The summed E-state index contributed by atoms with van der Waals surface area (Å²) < 4.78 is 1.87. The van der Waals surface area contributed by atoms with Crippen molar-refractivity contribution in [2.45, 2.75) is 33.2 Å². The van der Waals surface area contributed by atoms with E-state index in [1.54, 1.807) is 0 Å². The molecule has 5 nitrogen and oxygen atoms in total. The van der Waals surface area contributed by atoms with Crippen LogP contribution in [0.2, 0.25) is 0 Å². The second-order valence-electron chi connectivity index (χ2n) is 7.28. The Morgan fingerprint density at radius 2 is 1.89 bits per heavy atom. The van der Waals surface area contributed by atoms with Gasteiger partial charge in [0.2, 0.25) is 5.91 Å². The molecule has 27 heavy (non-hydrogen) atoms. The fourth-order valence-corrected chi connectivity index (χ4v) is 3.53. The van der Waals surface area contributed by atoms with Gasteiger partial charge in [-0.1, -0.05) is 43.3 Å². The molecule has 0 saturated carbocycles. The number of hydrogen-bond acceptors (Lipinski definition) is 3. The molecule has 142 valence electrons. The normalized spacial score (nSPS) is 13.5. The molecule has 1 aromatic heterocycles. The van der Waals surface area contributed by atoms with E-state index >= 15 is 0 Å². The molecule has 3 rings (SSSR count). The number of hydrogen-bond donors (Lipinski definition) is 2. The first kappa shape index (κ1) is 19.1. The Morgan fingerprint density at radius 3 is 2.52 bits per heavy atom. The predicted octanol–water partition coefficient (Wildman–Crippen LogP) is 3.18. The van der Waals surface area contributed by atoms with Gasteiger partial charge >= 0.3 is 0 Å². The van der Waals surface area contributed by atoms with Crippen molar-refractivity contribution in [2.24, 2.45) is 18.7 Å². The minimum absolute atomic E-state index is 0.0151. The van der Waals surface area contributed by atoms with Crippen molar-refractivity contribution in [3.8, 4) is 0 Å². The summed E-state index contributed by atoms with van der Waals surface area (Å²) in [6.07, 6.45) is 0.673. The third-order valence-corrected chi connectivity index (χ3v) is 5.34. The van der Waals surface area contributed by atoms with Crippen molar-refractivity contribution in [2.75, 3.05) is 6.54 Å². The SMILES string of the molecule is Cc1nn(C)c(C)c1CC(C)C(=O)NC(CN)c1ccc2ccccc2c1. The molecule has 0 aliphatic heterocycles. The molecule has 0 fully saturated rings. The van der Waals surface area contributed by atoms with E-state index in [2.05, 4.69) is 34.7 Å². The molecule has 0 aliphatic carbocycles. The number of amides is 1. The fraction of sp³-hybridized carbons (Fsp3) is 0.364. The van der Waals surface area contributed by atoms with Crippen LogP contribution in [0.15, 0.2) is 42.5 Å². The van der Waals surface area contributed by atoms with Crippen molar-refractivity contribution in [3.63, 3.8) is 0 Å². The lowest BCUT2D eigenvalue weighted by Gasteiger charge is -2.21. The number of nitrogens with zero attached hydrogens (tertiary/aromatic N) is 2. The van der Waals surface area contributed by atoms with Crippen LogP contribution in [-0.2, 0) is 18.3 Å². The third kappa shape index (κ3) is 4.03. The van der Waals surface area contributed by atoms with E-state index in [0.29, 0.717) is 13.0 Å². The van der Waals surface area contributed by atoms with Crippen LogP contribution < -0.4 is 11.1 Å². The highest BCUT2D eigenvalue weighted by Crippen LogP contribution is 2.21. The zero-order valence-electron chi connectivity index (χ0n) is 16.5. The highest BCUT2D eigenvalue weighted by atomic mass is 16.1. The second kappa shape index (κ2) is 7.92. The van der Waals surface area contributed by atoms with E-state index in [9.17, 15) is 4.79 Å². The predicted molar refractivity (Wildman–Crippen MR) is 109 cm³/mol. The molecular weight excluding hydrogens is 336 g/mol. The Hall–Kier alpha value is -2.66. The Morgan fingerprint density at radius 1 is 1.19 bits per heavy atom. The molecule has 3 aromatic rings. The first-order valence-corrected chi connectivity index (χ1v) is 9.39. The summed E-state index contributed by atoms with van der Waals surface area (Å²) in [6, 6.07) is 14.2. The highest BCUT2D eigenvalue weighted by molar-refractivity contribution is 5.83. The maximum atomic E-state index is 12.8. The standard InChI is InChI=1S/C22H28N4O/c1-14(11-20-15(2)25-26(4)16(20)3)22(27)24-21(13-23)19-10-9-17-7-5-6-8-18(17)12-19/h5-10,12,14,21H,11,13,23H2,1-4H3,(H,24,27). The molecule has 2 aromatic carbocycles. The molecule has 0 spiro atoms. The van der Waals surface area contributed by atoms with Gasteiger partial charge in [-0.25, -0.2) is 0 Å². The minimum atomic E-state index is -0.194. The van der Waals surface area contributed by atoms with Crippen molar-refractivity contribution >= 4 is 16.7 Å². The molecule has 0 aliphatic rings. The summed E-state index contributed by atoms with van der Waals surface area (Å²) in [6.45, 7) is 6.35. The van der Waals surface area contributed by atoms with Crippen LogP contribution >= 0.6 is 0 Å². The van der Waals surface area contributed by atoms with Gasteiger partial charge in [0.1, 0.15) is 0 Å². The maximum Gasteiger partial charge on any atom is 0.223 e. The fourth-order valence-electron chi connectivity index (χ4n) is 3.53. The maximum absolute atomic E-state index is 12.8. The number of fused-ring (bicyclic) bond motifs is 1. The van der Waals surface area contributed by atoms with Crippen LogP contribution in [0, 0.1) is 19.8 Å². The van der Waals surface area contributed by atoms with Crippen molar-refractivity contribution in [3.05, 3.63) is 65.0 Å². The van der Waals surface area contributed by atoms with Gasteiger partial charge < -0.3 is 11.1 Å². The highest BCUT2D eigenvalue weighted by Gasteiger charge is 2.21. The second-order valence-corrected chi connectivity index (χ2v) is 7.28. The van der Waals surface area contributed by atoms with Gasteiger partial charge in [0.25, 0.3) is 0 Å². The van der Waals surface area contributed by atoms with Crippen LogP contribution in [0.25, 0.3) is 10.8 Å². The summed E-state index contributed by atoms with van der Waals surface area (Å²) in [5, 5.41) is 9.89. The van der Waals surface area contributed by atoms with E-state index in [1.165, 1.54) is 5.39 Å². The summed E-state index contributed by atoms with van der Waals surface area (Å²) in [7, 11) is 1.93. The smallest absolute Gasteiger partial charge is 0.223 e. The van der Waals surface area contributed by atoms with Gasteiger partial charge in [-0.15, -0.1) is 0 Å². The van der Waals surface area contributed by atoms with Gasteiger partial charge in [0.05, 0.1) is 11.7 Å². The van der Waals surface area contributed by atoms with Crippen molar-refractivity contribution in [1.29, 1.82) is 0 Å². The minimum Gasteiger partial charge on any atom is -0.348 e. The van der Waals surface area contributed by atoms with Crippen LogP contribution in [0.1, 0.15) is 35.5 Å². The van der Waals surface area contributed by atoms with E-state index in [-0.39, 0.29) is 17.9 Å². The number of aryl methyl sites for hydroxylation is 2. The van der Waals surface area contributed by atoms with Crippen molar-refractivity contribution < 1.29 is 4.79 Å². The lowest BCUT2D eigenvalue weighted by molar-refractivity contribution is -0.125. The number of aromatic nitrogens is 2. The lowest BCUT2D eigenvalue weighted by atomic mass is 9.97. The van der Waals surface area contributed by atoms with Gasteiger partial charge in [-0.05, 0) is 48.2 Å². The molecular formula is C22H28N4O. The monoisotopic (exact) mass is 364 g/mol. The zero-order valence-corrected chi connectivity index (χ0v) is 16.5. The summed E-state index contributed by atoms with van der Waals surface area (Å²) >= 11 is 0.